The van der Waals surface area contributed by atoms with E-state index in [1.54, 1.807) is 37.3 Å². The molecule has 91 heavy (non-hydrogen) atoms. The summed E-state index contributed by atoms with van der Waals surface area (Å²) < 4.78 is 0. The number of hydrogen-bond acceptors (Lipinski definition) is 20. The summed E-state index contributed by atoms with van der Waals surface area (Å²) in [5.41, 5.74) is 6.65. The quantitative estimate of drug-likeness (QED) is 0.0940. The number of amides is 12. The smallest absolute Gasteiger partial charge is 0.327 e. The molecule has 14 N–H and O–H groups in total. The second kappa shape index (κ2) is 35.1. The Morgan fingerprint density at radius 1 is 0.582 bits per heavy atom. The van der Waals surface area contributed by atoms with Crippen LogP contribution in [0.3, 0.4) is 0 Å². The van der Waals surface area contributed by atoms with Crippen LogP contribution in [0.5, 0.6) is 0 Å². The summed E-state index contributed by atoms with van der Waals surface area (Å²) in [6.07, 6.45) is 5.22. The van der Waals surface area contributed by atoms with Gasteiger partial charge in [-0.2, -0.15) is 0 Å². The maximum absolute atomic E-state index is 15.0. The number of nitrogens with zero attached hydrogens (tertiary/aromatic N) is 4. The fraction of sp³-hybridized carbons (Fsp3) is 0.614. The zero-order valence-corrected chi connectivity index (χ0v) is 53.8. The van der Waals surface area contributed by atoms with Gasteiger partial charge in [-0.05, 0) is 56.9 Å². The molecule has 12 atom stereocenters. The summed E-state index contributed by atoms with van der Waals surface area (Å²) >= 11 is 0. The molecule has 1 aromatic carbocycles. The molecule has 0 saturated carbocycles. The maximum atomic E-state index is 15.0. The monoisotopic (exact) mass is 1340 g/mol. The molecule has 5 saturated heterocycles. The van der Waals surface area contributed by atoms with E-state index in [-0.39, 0.29) is 87.6 Å². The van der Waals surface area contributed by atoms with Crippen molar-refractivity contribution in [2.24, 2.45) is 5.73 Å². The van der Waals surface area contributed by atoms with Crippen LogP contribution in [0.25, 0.3) is 0 Å². The lowest BCUT2D eigenvalue weighted by molar-refractivity contribution is -0.148. The first kappa shape index (κ1) is 71.3. The highest BCUT2D eigenvalue weighted by Crippen LogP contribution is 2.29. The Hall–Kier alpha value is -7.14. The Morgan fingerprint density at radius 2 is 1.10 bits per heavy atom. The van der Waals surface area contributed by atoms with Crippen molar-refractivity contribution in [1.29, 1.82) is 0 Å². The Balaban J connectivity index is 1.31. The third-order valence-corrected chi connectivity index (χ3v) is 21.0. The van der Waals surface area contributed by atoms with Crippen molar-refractivity contribution < 1.29 is 72.5 Å². The van der Waals surface area contributed by atoms with Crippen LogP contribution >= 0.6 is 43.2 Å². The zero-order chi connectivity index (χ0) is 65.7. The number of nitrogens with one attached hydrogen (secondary N) is 10. The number of nitrogens with two attached hydrogens (primary N) is 1. The lowest BCUT2D eigenvalue weighted by atomic mass is 10.0. The number of aromatic nitrogens is 2. The standard InChI is InChI=1S/C57H81N15O15S4/c1-3-5-14-34-54(83)70-18-9-15-42(70)53(82)69-41(57(86)87)29-91-90-27-39-51(80)66-37(25-73)48(77)65-36(22-32-24-59-30-60-32)55(84)72-20-11-17-44(72)56(85)71-19-10-16-43(71)52(81)68-40(28-89-88-26-38(49(78)67-39)61-45(74)23-58)50(79)64-35(21-31-12-7-6-8-13-31)47(76)62-33(4-2)46(75)63-34/h6-8,12-13,24,30,33-44,73H,3-5,9-11,14-23,25-29,58H2,1-2H3,(H,59,60)(H,61,74)(H,62,76)(H,63,75)(H,64,79)(H,65,77)(H,66,80)(H,67,78)(H,68,81)(H,69,82)(H,86,87)/t33-,34-,35-,36-,37-,38-,39-,40-,41-,42-,43-,44-/m0/s1. The summed E-state index contributed by atoms with van der Waals surface area (Å²) in [6.45, 7) is 2.15. The molecule has 498 valence electrons. The first-order valence-electron chi connectivity index (χ1n) is 30.4. The summed E-state index contributed by atoms with van der Waals surface area (Å²) in [7, 11) is 3.67. The molecule has 5 aliphatic heterocycles. The lowest BCUT2D eigenvalue weighted by Gasteiger charge is -2.33. The SMILES string of the molecule is CCCC[C@@H]1NC(=O)[C@H](CC)NC(=O)[C@H](Cc2ccccc2)NC(=O)[C@@H]2CSSC[C@H](NC(=O)CN)C(=O)N[C@@H](CSSC[C@@H](C(=O)O)NC(=O)[C@@H]3CCCN3C1=O)C(=O)N[C@@H](CO)C(=O)N[C@@H](Cc1cnc[nH]1)C(=O)N1CCC[C@H]1C(=O)N1CCC[C@H]1C(=O)N2. The van der Waals surface area contributed by atoms with E-state index in [0.717, 1.165) is 43.2 Å². The minimum absolute atomic E-state index is 0.0148. The molecule has 5 aliphatic rings. The number of carboxylic acid groups (broad SMARTS) is 1. The van der Waals surface area contributed by atoms with Crippen LogP contribution in [0.4, 0.5) is 0 Å². The molecule has 6 heterocycles. The number of unbranched alkanes of at least 4 members (excludes halogenated alkanes) is 1. The highest BCUT2D eigenvalue weighted by Gasteiger charge is 2.46. The van der Waals surface area contributed by atoms with Crippen LogP contribution < -0.4 is 53.6 Å². The van der Waals surface area contributed by atoms with Gasteiger partial charge in [-0.3, -0.25) is 57.5 Å². The van der Waals surface area contributed by atoms with Crippen molar-refractivity contribution >= 4 is 120 Å². The number of carbonyl (C=O) groups is 13. The van der Waals surface area contributed by atoms with E-state index in [1.165, 1.54) is 27.2 Å². The van der Waals surface area contributed by atoms with Crippen LogP contribution in [-0.2, 0) is 75.2 Å². The van der Waals surface area contributed by atoms with Crippen LogP contribution in [0, 0.1) is 0 Å². The van der Waals surface area contributed by atoms with E-state index < -0.39 is 163 Å². The van der Waals surface area contributed by atoms with Gasteiger partial charge in [-0.25, -0.2) is 9.78 Å². The number of aromatic amines is 1. The number of hydrogen-bond donors (Lipinski definition) is 13. The second-order valence-electron chi connectivity index (χ2n) is 22.6. The van der Waals surface area contributed by atoms with Crippen molar-refractivity contribution in [2.75, 3.05) is 55.8 Å². The van der Waals surface area contributed by atoms with Gasteiger partial charge in [-0.1, -0.05) is 100 Å². The maximum Gasteiger partial charge on any atom is 0.327 e. The molecule has 30 nitrogen and oxygen atoms in total. The third kappa shape index (κ3) is 19.7. The van der Waals surface area contributed by atoms with Gasteiger partial charge in [-0.15, -0.1) is 0 Å². The molecule has 2 bridgehead atoms. The fourth-order valence-corrected chi connectivity index (χ4v) is 15.8. The van der Waals surface area contributed by atoms with Gasteiger partial charge in [0, 0.05) is 67.4 Å². The van der Waals surface area contributed by atoms with E-state index in [4.69, 9.17) is 5.73 Å². The number of carboxylic acids is 1. The van der Waals surface area contributed by atoms with Crippen LogP contribution in [0.2, 0.25) is 0 Å². The van der Waals surface area contributed by atoms with E-state index in [9.17, 15) is 72.5 Å². The summed E-state index contributed by atoms with van der Waals surface area (Å²) in [5.74, 6) is -12.4. The predicted molar refractivity (Wildman–Crippen MR) is 337 cm³/mol. The van der Waals surface area contributed by atoms with Crippen LogP contribution in [-0.4, -0.2) is 240 Å². The highest BCUT2D eigenvalue weighted by molar-refractivity contribution is 8.77. The first-order chi connectivity index (χ1) is 43.7. The lowest BCUT2D eigenvalue weighted by Crippen LogP contribution is -2.61. The molecular formula is C57H81N15O15S4. The number of rotatable bonds is 12. The zero-order valence-electron chi connectivity index (χ0n) is 50.5. The van der Waals surface area contributed by atoms with Gasteiger partial charge >= 0.3 is 5.97 Å². The van der Waals surface area contributed by atoms with Crippen molar-refractivity contribution in [3.05, 3.63) is 54.1 Å². The Morgan fingerprint density at radius 3 is 1.69 bits per heavy atom. The van der Waals surface area contributed by atoms with E-state index in [0.29, 0.717) is 43.4 Å². The minimum Gasteiger partial charge on any atom is -0.480 e. The van der Waals surface area contributed by atoms with Crippen molar-refractivity contribution in [3.8, 4) is 0 Å². The molecule has 0 radical (unpaired) electrons. The van der Waals surface area contributed by atoms with E-state index in [1.807, 2.05) is 6.92 Å². The first-order valence-corrected chi connectivity index (χ1v) is 35.4. The molecule has 7 rings (SSSR count). The Kier molecular flexibility index (Phi) is 27.5. The molecule has 0 spiro atoms. The average Bonchev–Trinajstić information content (AvgIpc) is 1.74. The number of H-pyrrole nitrogens is 1. The highest BCUT2D eigenvalue weighted by atomic mass is 33.1. The average molecular weight is 1340 g/mol. The van der Waals surface area contributed by atoms with Gasteiger partial charge in [0.2, 0.25) is 70.9 Å². The van der Waals surface area contributed by atoms with E-state index in [2.05, 4.69) is 57.8 Å². The molecule has 0 unspecified atom stereocenters. The number of imidazole rings is 1. The number of fused-ring (bicyclic) bond motifs is 11. The summed E-state index contributed by atoms with van der Waals surface area (Å²) in [6, 6.07) is -8.04. The topological polar surface area (TPSA) is 435 Å². The molecule has 2 aromatic rings. The molecule has 12 amide bonds. The number of aliphatic carboxylic acids is 1. The van der Waals surface area contributed by atoms with Gasteiger partial charge in [0.1, 0.15) is 72.5 Å². The molecule has 1 aromatic heterocycles. The summed E-state index contributed by atoms with van der Waals surface area (Å²) in [4.78, 5) is 197. The van der Waals surface area contributed by atoms with Crippen molar-refractivity contribution in [2.45, 2.75) is 163 Å². The predicted octanol–water partition coefficient (Wildman–Crippen LogP) is -3.04. The number of aliphatic hydroxyl groups excluding tert-OH is 1. The molecule has 0 aliphatic carbocycles. The number of carbonyl (C=O) groups excluding carboxylic acids is 12. The van der Waals surface area contributed by atoms with Gasteiger partial charge in [0.25, 0.3) is 0 Å². The summed E-state index contributed by atoms with van der Waals surface area (Å²) in [5, 5.41) is 44.9. The van der Waals surface area contributed by atoms with Gasteiger partial charge < -0.3 is 83.5 Å². The second-order valence-corrected chi connectivity index (χ2v) is 27.7. The van der Waals surface area contributed by atoms with Crippen LogP contribution in [0.15, 0.2) is 42.9 Å². The Labute approximate surface area is 541 Å². The normalized spacial score (nSPS) is 28.8. The molecular weight excluding hydrogens is 1260 g/mol. The van der Waals surface area contributed by atoms with Crippen molar-refractivity contribution in [3.63, 3.8) is 0 Å². The number of benzene rings is 1. The minimum atomic E-state index is -1.78. The van der Waals surface area contributed by atoms with Gasteiger partial charge in [0.05, 0.1) is 19.5 Å². The third-order valence-electron chi connectivity index (χ3n) is 16.1. The molecule has 34 heteroatoms. The molecule has 5 fully saturated rings. The largest absolute Gasteiger partial charge is 0.480 e. The van der Waals surface area contributed by atoms with Crippen molar-refractivity contribution in [1.82, 2.24) is 72.5 Å². The van der Waals surface area contributed by atoms with Gasteiger partial charge in [0.15, 0.2) is 0 Å². The van der Waals surface area contributed by atoms with E-state index >= 15 is 0 Å². The Bertz CT molecular complexity index is 2940. The number of aliphatic hydroxyl groups is 1. The van der Waals surface area contributed by atoms with Crippen LogP contribution in [0.1, 0.15) is 89.3 Å². The fourth-order valence-electron chi connectivity index (χ4n) is 11.2.